The van der Waals surface area contributed by atoms with Gasteiger partial charge in [-0.25, -0.2) is 4.79 Å². The number of benzene rings is 1. The molecule has 6 heteroatoms. The summed E-state index contributed by atoms with van der Waals surface area (Å²) in [4.78, 5) is 13.2. The van der Waals surface area contributed by atoms with Gasteiger partial charge in [0.2, 0.25) is 6.08 Å². The summed E-state index contributed by atoms with van der Waals surface area (Å²) < 4.78 is 23.7. The van der Waals surface area contributed by atoms with Crippen molar-refractivity contribution in [2.24, 2.45) is 9.36 Å². The maximum atomic E-state index is 10.2. The molecule has 0 bridgehead atoms. The van der Waals surface area contributed by atoms with E-state index in [4.69, 9.17) is 0 Å². The lowest BCUT2D eigenvalue weighted by atomic mass is 10.3. The topological polar surface area (TPSA) is 75.9 Å². The predicted octanol–water partition coefficient (Wildman–Crippen LogP) is 1.35. The molecule has 0 atom stereocenters. The number of rotatable bonds is 2. The first-order valence-electron chi connectivity index (χ1n) is 3.22. The van der Waals surface area contributed by atoms with Crippen molar-refractivity contribution in [1.82, 2.24) is 0 Å². The third-order valence-corrected chi connectivity index (χ3v) is 1.57. The molecule has 0 amide bonds. The zero-order valence-corrected chi connectivity index (χ0v) is 7.15. The van der Waals surface area contributed by atoms with Crippen molar-refractivity contribution in [2.45, 2.75) is 0 Å². The largest absolute Gasteiger partial charge is 0.316 e. The van der Waals surface area contributed by atoms with Gasteiger partial charge in [-0.1, -0.05) is 12.1 Å². The molecule has 0 aliphatic carbocycles. The Hall–Kier alpha value is -1.78. The minimum absolute atomic E-state index is 0.124. The first-order valence-corrected chi connectivity index (χ1v) is 4.25. The Morgan fingerprint density at radius 2 is 1.77 bits per heavy atom. The first kappa shape index (κ1) is 9.31. The SMILES string of the molecule is O=C=Nc1ccccc1N=S(=O)=O. The lowest BCUT2D eigenvalue weighted by molar-refractivity contribution is 0.565. The van der Waals surface area contributed by atoms with E-state index in [0.717, 1.165) is 0 Å². The summed E-state index contributed by atoms with van der Waals surface area (Å²) in [5.41, 5.74) is 0.306. The normalized spacial score (nSPS) is 8.62. The van der Waals surface area contributed by atoms with Crippen molar-refractivity contribution >= 4 is 28.0 Å². The highest BCUT2D eigenvalue weighted by atomic mass is 32.2. The molecular formula is C7H4N2O3S. The first-order chi connectivity index (χ1) is 6.24. The van der Waals surface area contributed by atoms with Crippen LogP contribution in [0.2, 0.25) is 0 Å². The summed E-state index contributed by atoms with van der Waals surface area (Å²) >= 11 is 0. The van der Waals surface area contributed by atoms with Crippen LogP contribution in [0.1, 0.15) is 0 Å². The van der Waals surface area contributed by atoms with E-state index < -0.39 is 10.5 Å². The van der Waals surface area contributed by atoms with Crippen LogP contribution < -0.4 is 0 Å². The molecule has 0 radical (unpaired) electrons. The number of para-hydroxylation sites is 1. The van der Waals surface area contributed by atoms with Crippen molar-refractivity contribution in [3.63, 3.8) is 0 Å². The number of aliphatic imine (C=N–C) groups is 1. The van der Waals surface area contributed by atoms with Gasteiger partial charge in [0.15, 0.2) is 0 Å². The van der Waals surface area contributed by atoms with Crippen molar-refractivity contribution in [1.29, 1.82) is 0 Å². The van der Waals surface area contributed by atoms with Crippen LogP contribution in [0.5, 0.6) is 0 Å². The molecule has 0 spiro atoms. The molecule has 0 aromatic heterocycles. The summed E-state index contributed by atoms with van der Waals surface area (Å²) in [5, 5.41) is 0. The fraction of sp³-hybridized carbons (Fsp3) is 0. The van der Waals surface area contributed by atoms with Gasteiger partial charge in [0.25, 0.3) is 0 Å². The molecule has 1 aromatic carbocycles. The Kier molecular flexibility index (Phi) is 3.08. The van der Waals surface area contributed by atoms with Crippen LogP contribution in [-0.2, 0) is 15.3 Å². The Morgan fingerprint density at radius 1 is 1.15 bits per heavy atom. The van der Waals surface area contributed by atoms with Crippen molar-refractivity contribution in [3.05, 3.63) is 24.3 Å². The van der Waals surface area contributed by atoms with Crippen LogP contribution in [0.15, 0.2) is 33.6 Å². The van der Waals surface area contributed by atoms with Crippen LogP contribution in [0, 0.1) is 0 Å². The molecule has 5 nitrogen and oxygen atoms in total. The quantitative estimate of drug-likeness (QED) is 0.529. The zero-order valence-electron chi connectivity index (χ0n) is 6.34. The van der Waals surface area contributed by atoms with E-state index in [-0.39, 0.29) is 11.4 Å². The van der Waals surface area contributed by atoms with Gasteiger partial charge in [-0.15, -0.1) is 4.36 Å². The van der Waals surface area contributed by atoms with Crippen LogP contribution in [-0.4, -0.2) is 14.5 Å². The molecule has 0 saturated carbocycles. The molecule has 0 fully saturated rings. The lowest BCUT2D eigenvalue weighted by Gasteiger charge is -1.92. The van der Waals surface area contributed by atoms with Gasteiger partial charge in [0, 0.05) is 0 Å². The van der Waals surface area contributed by atoms with Crippen LogP contribution in [0.3, 0.4) is 0 Å². The van der Waals surface area contributed by atoms with Gasteiger partial charge in [-0.05, 0) is 12.1 Å². The lowest BCUT2D eigenvalue weighted by Crippen LogP contribution is -1.67. The maximum Gasteiger partial charge on any atom is 0.316 e. The van der Waals surface area contributed by atoms with Gasteiger partial charge in [-0.3, -0.25) is 0 Å². The van der Waals surface area contributed by atoms with E-state index in [1.807, 2.05) is 0 Å². The minimum atomic E-state index is -2.55. The molecule has 0 aliphatic heterocycles. The Bertz CT molecular complexity index is 478. The second-order valence-corrected chi connectivity index (χ2v) is 2.62. The number of isocyanates is 1. The summed E-state index contributed by atoms with van der Waals surface area (Å²) in [5.74, 6) is 0. The minimum Gasteiger partial charge on any atom is -0.211 e. The number of hydrogen-bond acceptors (Lipinski definition) is 5. The third-order valence-electron chi connectivity index (χ3n) is 1.22. The standard InChI is InChI=1S/C7H4N2O3S/c10-5-8-6-3-1-2-4-7(6)9-13(11)12/h1-4H. The Balaban J connectivity index is 3.35. The van der Waals surface area contributed by atoms with E-state index in [2.05, 4.69) is 9.36 Å². The van der Waals surface area contributed by atoms with Gasteiger partial charge in [-0.2, -0.15) is 13.4 Å². The van der Waals surface area contributed by atoms with Crippen LogP contribution in [0.4, 0.5) is 11.4 Å². The molecule has 0 heterocycles. The molecular weight excluding hydrogens is 192 g/mol. The summed E-state index contributed by atoms with van der Waals surface area (Å²) in [7, 11) is -2.55. The van der Waals surface area contributed by atoms with E-state index in [9.17, 15) is 13.2 Å². The summed E-state index contributed by atoms with van der Waals surface area (Å²) in [6, 6.07) is 6.11. The monoisotopic (exact) mass is 196 g/mol. The fourth-order valence-electron chi connectivity index (χ4n) is 0.765. The molecule has 66 valence electrons. The van der Waals surface area contributed by atoms with Crippen molar-refractivity contribution in [3.8, 4) is 0 Å². The summed E-state index contributed by atoms with van der Waals surface area (Å²) in [6.07, 6.45) is 1.31. The molecule has 0 unspecified atom stereocenters. The average Bonchev–Trinajstić information content (AvgIpc) is 2.08. The molecule has 1 aromatic rings. The predicted molar refractivity (Wildman–Crippen MR) is 45.2 cm³/mol. The maximum absolute atomic E-state index is 10.2. The third kappa shape index (κ3) is 2.62. The fourth-order valence-corrected chi connectivity index (χ4v) is 1.08. The van der Waals surface area contributed by atoms with Gasteiger partial charge >= 0.3 is 10.5 Å². The van der Waals surface area contributed by atoms with E-state index in [0.29, 0.717) is 0 Å². The number of nitrogens with zero attached hydrogens (tertiary/aromatic N) is 2. The van der Waals surface area contributed by atoms with Gasteiger partial charge in [0.1, 0.15) is 11.4 Å². The zero-order chi connectivity index (χ0) is 9.68. The average molecular weight is 196 g/mol. The molecule has 13 heavy (non-hydrogen) atoms. The Morgan fingerprint density at radius 3 is 2.31 bits per heavy atom. The number of carbonyl (C=O) groups excluding carboxylic acids is 1. The molecule has 1 rings (SSSR count). The molecule has 0 aliphatic rings. The highest BCUT2D eigenvalue weighted by Crippen LogP contribution is 2.26. The van der Waals surface area contributed by atoms with E-state index in [1.54, 1.807) is 12.1 Å². The summed E-state index contributed by atoms with van der Waals surface area (Å²) in [6.45, 7) is 0. The highest BCUT2D eigenvalue weighted by molar-refractivity contribution is 7.61. The smallest absolute Gasteiger partial charge is 0.211 e. The Labute approximate surface area is 75.4 Å². The van der Waals surface area contributed by atoms with Crippen molar-refractivity contribution < 1.29 is 13.2 Å². The molecule has 0 N–H and O–H groups in total. The van der Waals surface area contributed by atoms with E-state index in [1.165, 1.54) is 18.2 Å². The van der Waals surface area contributed by atoms with E-state index >= 15 is 0 Å². The number of hydrogen-bond donors (Lipinski definition) is 0. The van der Waals surface area contributed by atoms with Crippen molar-refractivity contribution in [2.75, 3.05) is 0 Å². The second-order valence-electron chi connectivity index (χ2n) is 2.00. The van der Waals surface area contributed by atoms with Gasteiger partial charge < -0.3 is 0 Å². The highest BCUT2D eigenvalue weighted by Gasteiger charge is 1.97. The van der Waals surface area contributed by atoms with Crippen LogP contribution >= 0.6 is 0 Å². The second kappa shape index (κ2) is 4.30. The van der Waals surface area contributed by atoms with Crippen LogP contribution in [0.25, 0.3) is 0 Å². The molecule has 0 saturated heterocycles. The van der Waals surface area contributed by atoms with Gasteiger partial charge in [0.05, 0.1) is 0 Å².